The van der Waals surface area contributed by atoms with E-state index in [4.69, 9.17) is 10.5 Å². The average molecular weight is 283 g/mol. The molecule has 2 N–H and O–H groups in total. The largest absolute Gasteiger partial charge is 0.378 e. The molecule has 0 unspecified atom stereocenters. The second-order valence-electron chi connectivity index (χ2n) is 4.91. The predicted molar refractivity (Wildman–Crippen MR) is 77.5 cm³/mol. The van der Waals surface area contributed by atoms with E-state index in [9.17, 15) is 0 Å². The van der Waals surface area contributed by atoms with Gasteiger partial charge in [-0.2, -0.15) is 15.0 Å². The van der Waals surface area contributed by atoms with Crippen molar-refractivity contribution in [3.05, 3.63) is 0 Å². The summed E-state index contributed by atoms with van der Waals surface area (Å²) in [5, 5.41) is 0.717. The Balaban J connectivity index is 2.01. The first-order valence-electron chi connectivity index (χ1n) is 6.62. The Hall–Kier alpha value is -1.08. The van der Waals surface area contributed by atoms with E-state index < -0.39 is 0 Å². The van der Waals surface area contributed by atoms with Gasteiger partial charge in [0, 0.05) is 18.8 Å². The lowest BCUT2D eigenvalue weighted by Crippen LogP contribution is -2.37. The molecule has 2 heterocycles. The highest BCUT2D eigenvalue weighted by molar-refractivity contribution is 7.99. The van der Waals surface area contributed by atoms with Crippen LogP contribution in [-0.2, 0) is 4.74 Å². The third-order valence-corrected chi connectivity index (χ3v) is 3.72. The first-order valence-corrected chi connectivity index (χ1v) is 7.61. The molecule has 0 saturated carbocycles. The molecule has 19 heavy (non-hydrogen) atoms. The van der Waals surface area contributed by atoms with Gasteiger partial charge >= 0.3 is 0 Å². The highest BCUT2D eigenvalue weighted by Gasteiger charge is 2.15. The van der Waals surface area contributed by atoms with E-state index in [2.05, 4.69) is 33.7 Å². The van der Waals surface area contributed by atoms with Crippen molar-refractivity contribution < 1.29 is 4.74 Å². The third-order valence-electron chi connectivity index (χ3n) is 2.84. The zero-order valence-electron chi connectivity index (χ0n) is 11.5. The summed E-state index contributed by atoms with van der Waals surface area (Å²) in [7, 11) is 0. The van der Waals surface area contributed by atoms with Crippen molar-refractivity contribution in [2.24, 2.45) is 5.92 Å². The molecule has 0 atom stereocenters. The number of nitrogens with two attached hydrogens (primary N) is 1. The van der Waals surface area contributed by atoms with E-state index in [0.717, 1.165) is 30.4 Å². The molecule has 1 saturated heterocycles. The van der Waals surface area contributed by atoms with Crippen molar-refractivity contribution in [3.63, 3.8) is 0 Å². The molecular formula is C12H21N5OS. The minimum absolute atomic E-state index is 0.295. The molecule has 2 rings (SSSR count). The molecule has 1 fully saturated rings. The fraction of sp³-hybridized carbons (Fsp3) is 0.750. The average Bonchev–Trinajstić information content (AvgIpc) is 2.39. The van der Waals surface area contributed by atoms with Crippen LogP contribution in [0, 0.1) is 5.92 Å². The van der Waals surface area contributed by atoms with Crippen LogP contribution < -0.4 is 10.6 Å². The number of rotatable bonds is 5. The molecule has 1 aliphatic rings. The summed E-state index contributed by atoms with van der Waals surface area (Å²) in [5.74, 6) is 2.65. The van der Waals surface area contributed by atoms with Gasteiger partial charge in [-0.1, -0.05) is 25.6 Å². The molecule has 1 aromatic rings. The van der Waals surface area contributed by atoms with Crippen molar-refractivity contribution in [1.82, 2.24) is 15.0 Å². The normalized spacial score (nSPS) is 16.1. The summed E-state index contributed by atoms with van der Waals surface area (Å²) in [6.07, 6.45) is 1.14. The molecule has 0 aromatic carbocycles. The number of thioether (sulfide) groups is 1. The number of nitrogens with zero attached hydrogens (tertiary/aromatic N) is 4. The lowest BCUT2D eigenvalue weighted by Gasteiger charge is -2.26. The van der Waals surface area contributed by atoms with Gasteiger partial charge in [-0.05, 0) is 12.3 Å². The molecule has 0 radical (unpaired) electrons. The van der Waals surface area contributed by atoms with Gasteiger partial charge in [0.15, 0.2) is 5.16 Å². The van der Waals surface area contributed by atoms with Crippen LogP contribution in [0.4, 0.5) is 11.9 Å². The Morgan fingerprint density at radius 2 is 2.00 bits per heavy atom. The minimum atomic E-state index is 0.295. The maximum Gasteiger partial charge on any atom is 0.231 e. The first kappa shape index (κ1) is 14.3. The van der Waals surface area contributed by atoms with Gasteiger partial charge in [0.1, 0.15) is 0 Å². The van der Waals surface area contributed by atoms with E-state index in [1.54, 1.807) is 11.8 Å². The van der Waals surface area contributed by atoms with E-state index in [1.807, 2.05) is 0 Å². The second-order valence-corrected chi connectivity index (χ2v) is 5.97. The zero-order valence-corrected chi connectivity index (χ0v) is 12.3. The number of nitrogen functional groups attached to an aromatic ring is 1. The van der Waals surface area contributed by atoms with Crippen molar-refractivity contribution in [2.45, 2.75) is 25.4 Å². The summed E-state index contributed by atoms with van der Waals surface area (Å²) in [4.78, 5) is 15.0. The quantitative estimate of drug-likeness (QED) is 0.819. The number of ether oxygens (including phenoxy) is 1. The van der Waals surface area contributed by atoms with Crippen LogP contribution in [0.3, 0.4) is 0 Å². The maximum atomic E-state index is 5.76. The summed E-state index contributed by atoms with van der Waals surface area (Å²) in [6, 6.07) is 0. The van der Waals surface area contributed by atoms with Crippen molar-refractivity contribution in [3.8, 4) is 0 Å². The third kappa shape index (κ3) is 4.50. The molecular weight excluding hydrogens is 262 g/mol. The number of hydrogen-bond acceptors (Lipinski definition) is 7. The van der Waals surface area contributed by atoms with Crippen LogP contribution in [0.15, 0.2) is 5.16 Å². The second kappa shape index (κ2) is 6.91. The summed E-state index contributed by atoms with van der Waals surface area (Å²) < 4.78 is 5.32. The number of anilines is 2. The Bertz CT molecular complexity index is 409. The monoisotopic (exact) mass is 283 g/mol. The van der Waals surface area contributed by atoms with Gasteiger partial charge in [0.2, 0.25) is 11.9 Å². The van der Waals surface area contributed by atoms with Crippen LogP contribution in [0.2, 0.25) is 0 Å². The predicted octanol–water partition coefficient (Wildman–Crippen LogP) is 1.43. The highest BCUT2D eigenvalue weighted by atomic mass is 32.2. The van der Waals surface area contributed by atoms with Crippen LogP contribution >= 0.6 is 11.8 Å². The minimum Gasteiger partial charge on any atom is -0.378 e. The lowest BCUT2D eigenvalue weighted by atomic mass is 10.2. The number of aromatic nitrogens is 3. The van der Waals surface area contributed by atoms with E-state index in [1.165, 1.54) is 0 Å². The van der Waals surface area contributed by atoms with E-state index in [0.29, 0.717) is 31.0 Å². The molecule has 0 aliphatic carbocycles. The van der Waals surface area contributed by atoms with Crippen LogP contribution in [0.25, 0.3) is 0 Å². The van der Waals surface area contributed by atoms with Gasteiger partial charge in [0.05, 0.1) is 13.2 Å². The fourth-order valence-electron chi connectivity index (χ4n) is 1.72. The smallest absolute Gasteiger partial charge is 0.231 e. The summed E-state index contributed by atoms with van der Waals surface area (Å²) >= 11 is 1.64. The highest BCUT2D eigenvalue weighted by Crippen LogP contribution is 2.20. The van der Waals surface area contributed by atoms with E-state index >= 15 is 0 Å². The van der Waals surface area contributed by atoms with Crippen molar-refractivity contribution in [1.29, 1.82) is 0 Å². The molecule has 106 valence electrons. The molecule has 1 aliphatic heterocycles. The Kier molecular flexibility index (Phi) is 5.21. The first-order chi connectivity index (χ1) is 9.15. The van der Waals surface area contributed by atoms with Crippen molar-refractivity contribution >= 4 is 23.7 Å². The Morgan fingerprint density at radius 3 is 2.68 bits per heavy atom. The summed E-state index contributed by atoms with van der Waals surface area (Å²) in [5.41, 5.74) is 5.76. The molecule has 7 heteroatoms. The Labute approximate surface area is 118 Å². The maximum absolute atomic E-state index is 5.76. The molecule has 0 bridgehead atoms. The van der Waals surface area contributed by atoms with Gasteiger partial charge in [0.25, 0.3) is 0 Å². The van der Waals surface area contributed by atoms with Crippen LogP contribution in [0.1, 0.15) is 20.3 Å². The number of hydrogen-bond donors (Lipinski definition) is 1. The summed E-state index contributed by atoms with van der Waals surface area (Å²) in [6.45, 7) is 7.45. The van der Waals surface area contributed by atoms with Gasteiger partial charge < -0.3 is 15.4 Å². The van der Waals surface area contributed by atoms with Gasteiger partial charge in [-0.3, -0.25) is 0 Å². The number of morpholine rings is 1. The van der Waals surface area contributed by atoms with E-state index in [-0.39, 0.29) is 0 Å². The standard InChI is InChI=1S/C12H21N5OS/c1-9(2)3-8-19-12-15-10(13)14-11(16-12)17-4-6-18-7-5-17/h9H,3-8H2,1-2H3,(H2,13,14,15,16). The van der Waals surface area contributed by atoms with Gasteiger partial charge in [-0.25, -0.2) is 0 Å². The molecule has 0 spiro atoms. The Morgan fingerprint density at radius 1 is 1.26 bits per heavy atom. The van der Waals surface area contributed by atoms with Crippen LogP contribution in [0.5, 0.6) is 0 Å². The fourth-order valence-corrected chi connectivity index (χ4v) is 2.79. The topological polar surface area (TPSA) is 77.2 Å². The SMILES string of the molecule is CC(C)CCSc1nc(N)nc(N2CCOCC2)n1. The van der Waals surface area contributed by atoms with Gasteiger partial charge in [-0.15, -0.1) is 0 Å². The van der Waals surface area contributed by atoms with Crippen LogP contribution in [-0.4, -0.2) is 47.0 Å². The molecule has 0 amide bonds. The zero-order chi connectivity index (χ0) is 13.7. The van der Waals surface area contributed by atoms with Crippen molar-refractivity contribution in [2.75, 3.05) is 42.7 Å². The molecule has 6 nitrogen and oxygen atoms in total. The molecule has 1 aromatic heterocycles. The lowest BCUT2D eigenvalue weighted by molar-refractivity contribution is 0.122.